The SMILES string of the molecule is CSC(=S)NCc1cccs1. The monoisotopic (exact) mass is 203 g/mol. The molecule has 1 N–H and O–H groups in total. The maximum absolute atomic E-state index is 4.98. The second-order valence-corrected chi connectivity index (χ2v) is 4.44. The number of nitrogens with one attached hydrogen (secondary N) is 1. The Balaban J connectivity index is 2.29. The summed E-state index contributed by atoms with van der Waals surface area (Å²) in [6.45, 7) is 0.858. The summed E-state index contributed by atoms with van der Waals surface area (Å²) in [6, 6.07) is 4.14. The molecule has 0 saturated heterocycles. The van der Waals surface area contributed by atoms with Crippen LogP contribution < -0.4 is 5.32 Å². The molecule has 1 aromatic rings. The highest BCUT2D eigenvalue weighted by atomic mass is 32.2. The molecule has 0 aliphatic heterocycles. The summed E-state index contributed by atoms with van der Waals surface area (Å²) in [7, 11) is 0. The Morgan fingerprint density at radius 2 is 2.64 bits per heavy atom. The van der Waals surface area contributed by atoms with Gasteiger partial charge in [-0.05, 0) is 17.7 Å². The lowest BCUT2D eigenvalue weighted by molar-refractivity contribution is 0.962. The predicted molar refractivity (Wildman–Crippen MR) is 57.3 cm³/mol. The Bertz CT molecular complexity index is 218. The van der Waals surface area contributed by atoms with Crippen molar-refractivity contribution in [3.05, 3.63) is 22.4 Å². The summed E-state index contributed by atoms with van der Waals surface area (Å²) in [5.41, 5.74) is 0. The zero-order valence-corrected chi connectivity index (χ0v) is 8.61. The maximum Gasteiger partial charge on any atom is 0.133 e. The largest absolute Gasteiger partial charge is 0.366 e. The van der Waals surface area contributed by atoms with E-state index in [4.69, 9.17) is 12.2 Å². The van der Waals surface area contributed by atoms with E-state index >= 15 is 0 Å². The molecule has 1 heterocycles. The first kappa shape index (κ1) is 9.03. The zero-order valence-electron chi connectivity index (χ0n) is 6.16. The van der Waals surface area contributed by atoms with Gasteiger partial charge in [-0.15, -0.1) is 23.1 Å². The maximum atomic E-state index is 4.98. The van der Waals surface area contributed by atoms with Crippen LogP contribution in [0, 0.1) is 0 Å². The zero-order chi connectivity index (χ0) is 8.10. The van der Waals surface area contributed by atoms with Gasteiger partial charge in [-0.25, -0.2) is 0 Å². The van der Waals surface area contributed by atoms with Crippen LogP contribution >= 0.6 is 35.3 Å². The van der Waals surface area contributed by atoms with Gasteiger partial charge in [-0.1, -0.05) is 18.3 Å². The lowest BCUT2D eigenvalue weighted by Crippen LogP contribution is -2.16. The minimum Gasteiger partial charge on any atom is -0.366 e. The number of thioether (sulfide) groups is 1. The lowest BCUT2D eigenvalue weighted by atomic mass is 10.5. The van der Waals surface area contributed by atoms with Crippen molar-refractivity contribution in [1.82, 2.24) is 5.32 Å². The van der Waals surface area contributed by atoms with Crippen LogP contribution in [0.3, 0.4) is 0 Å². The van der Waals surface area contributed by atoms with E-state index in [9.17, 15) is 0 Å². The fourth-order valence-electron chi connectivity index (χ4n) is 0.645. The molecule has 1 rings (SSSR count). The molecule has 0 aliphatic rings. The minimum atomic E-state index is 0.858. The molecule has 0 bridgehead atoms. The normalized spacial score (nSPS) is 9.55. The number of rotatable bonds is 2. The smallest absolute Gasteiger partial charge is 0.133 e. The van der Waals surface area contributed by atoms with Crippen LogP contribution in [0.5, 0.6) is 0 Å². The van der Waals surface area contributed by atoms with Gasteiger partial charge in [0.25, 0.3) is 0 Å². The van der Waals surface area contributed by atoms with E-state index in [-0.39, 0.29) is 0 Å². The van der Waals surface area contributed by atoms with E-state index in [1.807, 2.05) is 12.3 Å². The second kappa shape index (κ2) is 4.74. The summed E-state index contributed by atoms with van der Waals surface area (Å²) in [6.07, 6.45) is 1.98. The van der Waals surface area contributed by atoms with Crippen LogP contribution in [0.1, 0.15) is 4.88 Å². The summed E-state index contributed by atoms with van der Waals surface area (Å²) in [4.78, 5) is 1.32. The van der Waals surface area contributed by atoms with Crippen LogP contribution in [-0.2, 0) is 6.54 Å². The molecule has 0 saturated carbocycles. The number of hydrogen-bond acceptors (Lipinski definition) is 3. The van der Waals surface area contributed by atoms with E-state index < -0.39 is 0 Å². The number of hydrogen-bond donors (Lipinski definition) is 1. The van der Waals surface area contributed by atoms with E-state index in [1.165, 1.54) is 4.88 Å². The minimum absolute atomic E-state index is 0.858. The molecule has 0 radical (unpaired) electrons. The van der Waals surface area contributed by atoms with Crippen LogP contribution in [0.15, 0.2) is 17.5 Å². The third-order valence-corrected chi connectivity index (χ3v) is 3.21. The Kier molecular flexibility index (Phi) is 3.90. The van der Waals surface area contributed by atoms with Gasteiger partial charge in [-0.3, -0.25) is 0 Å². The van der Waals surface area contributed by atoms with Crippen molar-refractivity contribution in [3.8, 4) is 0 Å². The Hall–Kier alpha value is -0.0600. The average Bonchev–Trinajstić information content (AvgIpc) is 2.52. The van der Waals surface area contributed by atoms with Crippen molar-refractivity contribution in [2.45, 2.75) is 6.54 Å². The fourth-order valence-corrected chi connectivity index (χ4v) is 1.58. The molecule has 0 aliphatic carbocycles. The second-order valence-electron chi connectivity index (χ2n) is 1.92. The van der Waals surface area contributed by atoms with E-state index in [0.29, 0.717) is 0 Å². The molecular weight excluding hydrogens is 194 g/mol. The predicted octanol–water partition coefficient (Wildman–Crippen LogP) is 2.49. The van der Waals surface area contributed by atoms with Crippen molar-refractivity contribution in [2.24, 2.45) is 0 Å². The Morgan fingerprint density at radius 3 is 3.18 bits per heavy atom. The van der Waals surface area contributed by atoms with Crippen molar-refractivity contribution in [1.29, 1.82) is 0 Å². The first-order chi connectivity index (χ1) is 5.33. The number of thiocarbonyl (C=S) groups is 1. The van der Waals surface area contributed by atoms with Crippen LogP contribution in [0.4, 0.5) is 0 Å². The fraction of sp³-hybridized carbons (Fsp3) is 0.286. The van der Waals surface area contributed by atoms with Crippen LogP contribution in [0.2, 0.25) is 0 Å². The molecule has 0 aromatic carbocycles. The Labute approximate surface area is 80.2 Å². The van der Waals surface area contributed by atoms with E-state index in [0.717, 1.165) is 10.9 Å². The summed E-state index contributed by atoms with van der Waals surface area (Å²) >= 11 is 8.30. The molecule has 1 nitrogen and oxygen atoms in total. The molecule has 0 amide bonds. The number of thiophene rings is 1. The lowest BCUT2D eigenvalue weighted by Gasteiger charge is -2.01. The van der Waals surface area contributed by atoms with Gasteiger partial charge in [0.15, 0.2) is 0 Å². The highest BCUT2D eigenvalue weighted by Gasteiger charge is 1.94. The Morgan fingerprint density at radius 1 is 1.82 bits per heavy atom. The average molecular weight is 203 g/mol. The summed E-state index contributed by atoms with van der Waals surface area (Å²) in [5, 5.41) is 5.21. The summed E-state index contributed by atoms with van der Waals surface area (Å²) in [5.74, 6) is 0. The standard InChI is InChI=1S/C7H9NS3/c1-10-7(9)8-5-6-3-2-4-11-6/h2-4H,5H2,1H3,(H,8,9). The molecule has 1 aromatic heterocycles. The third-order valence-electron chi connectivity index (χ3n) is 1.17. The van der Waals surface area contributed by atoms with E-state index in [1.54, 1.807) is 23.1 Å². The van der Waals surface area contributed by atoms with Crippen LogP contribution in [0.25, 0.3) is 0 Å². The van der Waals surface area contributed by atoms with Crippen molar-refractivity contribution in [3.63, 3.8) is 0 Å². The van der Waals surface area contributed by atoms with Gasteiger partial charge < -0.3 is 5.32 Å². The van der Waals surface area contributed by atoms with Gasteiger partial charge in [0.05, 0.1) is 6.54 Å². The van der Waals surface area contributed by atoms with E-state index in [2.05, 4.69) is 16.8 Å². The highest BCUT2D eigenvalue weighted by Crippen LogP contribution is 2.08. The molecular formula is C7H9NS3. The first-order valence-corrected chi connectivity index (χ1v) is 5.68. The van der Waals surface area contributed by atoms with Gasteiger partial charge in [-0.2, -0.15) is 0 Å². The molecule has 4 heteroatoms. The first-order valence-electron chi connectivity index (χ1n) is 3.17. The molecule has 0 spiro atoms. The molecule has 11 heavy (non-hydrogen) atoms. The van der Waals surface area contributed by atoms with Gasteiger partial charge in [0.2, 0.25) is 0 Å². The van der Waals surface area contributed by atoms with Gasteiger partial charge in [0.1, 0.15) is 4.32 Å². The highest BCUT2D eigenvalue weighted by molar-refractivity contribution is 8.22. The molecule has 0 unspecified atom stereocenters. The topological polar surface area (TPSA) is 12.0 Å². The van der Waals surface area contributed by atoms with Gasteiger partial charge >= 0.3 is 0 Å². The quantitative estimate of drug-likeness (QED) is 0.742. The molecule has 0 fully saturated rings. The van der Waals surface area contributed by atoms with Crippen molar-refractivity contribution in [2.75, 3.05) is 6.26 Å². The van der Waals surface area contributed by atoms with Crippen LogP contribution in [-0.4, -0.2) is 10.6 Å². The summed E-state index contributed by atoms with van der Waals surface area (Å²) < 4.78 is 0.860. The molecule has 0 atom stereocenters. The third kappa shape index (κ3) is 3.22. The van der Waals surface area contributed by atoms with Gasteiger partial charge in [0, 0.05) is 4.88 Å². The molecule has 60 valence electrons. The van der Waals surface area contributed by atoms with Crippen molar-refractivity contribution >= 4 is 39.6 Å². The van der Waals surface area contributed by atoms with Crippen molar-refractivity contribution < 1.29 is 0 Å².